The second-order valence-electron chi connectivity index (χ2n) is 4.82. The molecule has 0 amide bonds. The maximum absolute atomic E-state index is 5.44. The molecule has 0 unspecified atom stereocenters. The Morgan fingerprint density at radius 1 is 0.750 bits per heavy atom. The molecular formula is C18H13NO. The number of rotatable bonds is 2. The first-order valence-corrected chi connectivity index (χ1v) is 6.62. The molecule has 0 saturated carbocycles. The Morgan fingerprint density at radius 2 is 1.65 bits per heavy atom. The minimum Gasteiger partial charge on any atom is -0.464 e. The highest BCUT2D eigenvalue weighted by Gasteiger charge is 2.02. The Hall–Kier alpha value is -2.74. The van der Waals surface area contributed by atoms with Crippen molar-refractivity contribution in [2.24, 2.45) is 0 Å². The number of furan rings is 1. The predicted octanol–water partition coefficient (Wildman–Crippen LogP) is 5.33. The van der Waals surface area contributed by atoms with Gasteiger partial charge in [-0.1, -0.05) is 36.4 Å². The first kappa shape index (κ1) is 11.1. The minimum absolute atomic E-state index is 0.898. The van der Waals surface area contributed by atoms with E-state index in [1.165, 1.54) is 10.8 Å². The zero-order valence-electron chi connectivity index (χ0n) is 10.8. The molecule has 1 heterocycles. The molecule has 0 aliphatic carbocycles. The van der Waals surface area contributed by atoms with Gasteiger partial charge in [0.1, 0.15) is 5.58 Å². The molecule has 2 nitrogen and oxygen atoms in total. The number of benzene rings is 3. The van der Waals surface area contributed by atoms with Gasteiger partial charge in [-0.05, 0) is 29.7 Å². The highest BCUT2D eigenvalue weighted by Crippen LogP contribution is 2.28. The highest BCUT2D eigenvalue weighted by molar-refractivity contribution is 5.96. The second-order valence-corrected chi connectivity index (χ2v) is 4.82. The van der Waals surface area contributed by atoms with Crippen LogP contribution in [0.15, 0.2) is 77.4 Å². The summed E-state index contributed by atoms with van der Waals surface area (Å²) < 4.78 is 5.44. The third-order valence-corrected chi connectivity index (χ3v) is 3.52. The van der Waals surface area contributed by atoms with Gasteiger partial charge >= 0.3 is 0 Å². The lowest BCUT2D eigenvalue weighted by atomic mass is 10.1. The van der Waals surface area contributed by atoms with Gasteiger partial charge in [-0.15, -0.1) is 0 Å². The van der Waals surface area contributed by atoms with Crippen molar-refractivity contribution in [1.82, 2.24) is 0 Å². The molecule has 4 aromatic rings. The van der Waals surface area contributed by atoms with Crippen LogP contribution < -0.4 is 5.32 Å². The summed E-state index contributed by atoms with van der Waals surface area (Å²) in [6, 6.07) is 22.8. The average Bonchev–Trinajstić information content (AvgIpc) is 2.95. The van der Waals surface area contributed by atoms with Crippen molar-refractivity contribution in [3.63, 3.8) is 0 Å². The molecule has 0 radical (unpaired) electrons. The summed E-state index contributed by atoms with van der Waals surface area (Å²) in [5.41, 5.74) is 3.04. The molecule has 0 bridgehead atoms. The summed E-state index contributed by atoms with van der Waals surface area (Å²) in [5.74, 6) is 0. The van der Waals surface area contributed by atoms with E-state index >= 15 is 0 Å². The van der Waals surface area contributed by atoms with Gasteiger partial charge in [-0.25, -0.2) is 0 Å². The van der Waals surface area contributed by atoms with Crippen LogP contribution in [0, 0.1) is 0 Å². The zero-order valence-corrected chi connectivity index (χ0v) is 10.8. The monoisotopic (exact) mass is 259 g/mol. The van der Waals surface area contributed by atoms with Gasteiger partial charge in [-0.2, -0.15) is 0 Å². The molecule has 0 spiro atoms. The molecule has 20 heavy (non-hydrogen) atoms. The van der Waals surface area contributed by atoms with Gasteiger partial charge in [0.15, 0.2) is 0 Å². The summed E-state index contributed by atoms with van der Waals surface area (Å²) in [4.78, 5) is 0. The number of anilines is 2. The second kappa shape index (κ2) is 4.42. The number of nitrogens with one attached hydrogen (secondary N) is 1. The summed E-state index contributed by atoms with van der Waals surface area (Å²) in [7, 11) is 0. The number of hydrogen-bond acceptors (Lipinski definition) is 2. The molecule has 0 atom stereocenters. The van der Waals surface area contributed by atoms with Gasteiger partial charge in [-0.3, -0.25) is 0 Å². The molecule has 1 N–H and O–H groups in total. The molecule has 0 aliphatic heterocycles. The van der Waals surface area contributed by atoms with Crippen molar-refractivity contribution in [2.75, 3.05) is 5.32 Å². The summed E-state index contributed by atoms with van der Waals surface area (Å²) in [6.07, 6.45) is 1.71. The van der Waals surface area contributed by atoms with E-state index in [0.717, 1.165) is 22.3 Å². The van der Waals surface area contributed by atoms with Gasteiger partial charge in [0, 0.05) is 28.2 Å². The van der Waals surface area contributed by atoms with Crippen molar-refractivity contribution in [1.29, 1.82) is 0 Å². The van der Waals surface area contributed by atoms with E-state index in [-0.39, 0.29) is 0 Å². The van der Waals surface area contributed by atoms with Gasteiger partial charge in [0.05, 0.1) is 6.26 Å². The molecule has 2 heteroatoms. The molecule has 3 aromatic carbocycles. The number of hydrogen-bond donors (Lipinski definition) is 1. The fourth-order valence-corrected chi connectivity index (χ4v) is 2.52. The van der Waals surface area contributed by atoms with Crippen molar-refractivity contribution in [3.05, 3.63) is 73.0 Å². The lowest BCUT2D eigenvalue weighted by molar-refractivity contribution is 0.616. The SMILES string of the molecule is c1ccc2c(Nc3ccc4ccoc4c3)cccc2c1. The minimum atomic E-state index is 0.898. The summed E-state index contributed by atoms with van der Waals surface area (Å²) in [6.45, 7) is 0. The summed E-state index contributed by atoms with van der Waals surface area (Å²) in [5, 5.41) is 7.04. The van der Waals surface area contributed by atoms with Gasteiger partial charge in [0.2, 0.25) is 0 Å². The van der Waals surface area contributed by atoms with E-state index in [1.807, 2.05) is 12.1 Å². The van der Waals surface area contributed by atoms with Crippen molar-refractivity contribution < 1.29 is 4.42 Å². The maximum Gasteiger partial charge on any atom is 0.135 e. The zero-order chi connectivity index (χ0) is 13.4. The van der Waals surface area contributed by atoms with Crippen LogP contribution in [-0.2, 0) is 0 Å². The Labute approximate surface area is 116 Å². The Bertz CT molecular complexity index is 887. The van der Waals surface area contributed by atoms with Crippen molar-refractivity contribution >= 4 is 33.1 Å². The largest absolute Gasteiger partial charge is 0.464 e. The molecule has 96 valence electrons. The van der Waals surface area contributed by atoms with Crippen LogP contribution in [0.2, 0.25) is 0 Å². The smallest absolute Gasteiger partial charge is 0.135 e. The molecule has 0 saturated heterocycles. The molecule has 4 rings (SSSR count). The quantitative estimate of drug-likeness (QED) is 0.526. The molecule has 0 aliphatic rings. The number of fused-ring (bicyclic) bond motifs is 2. The standard InChI is InChI=1S/C18H13NO/c1-2-6-16-13(4-1)5-3-7-17(16)19-15-9-8-14-10-11-20-18(14)12-15/h1-12,19H. The average molecular weight is 259 g/mol. The van der Waals surface area contributed by atoms with Gasteiger partial charge in [0.25, 0.3) is 0 Å². The van der Waals surface area contributed by atoms with E-state index in [1.54, 1.807) is 6.26 Å². The van der Waals surface area contributed by atoms with E-state index in [4.69, 9.17) is 4.42 Å². The predicted molar refractivity (Wildman–Crippen MR) is 83.4 cm³/mol. The first-order valence-electron chi connectivity index (χ1n) is 6.62. The third kappa shape index (κ3) is 1.82. The van der Waals surface area contributed by atoms with Crippen LogP contribution in [0.5, 0.6) is 0 Å². The highest BCUT2D eigenvalue weighted by atomic mass is 16.3. The lowest BCUT2D eigenvalue weighted by Gasteiger charge is -2.09. The molecular weight excluding hydrogens is 246 g/mol. The fraction of sp³-hybridized carbons (Fsp3) is 0. The lowest BCUT2D eigenvalue weighted by Crippen LogP contribution is -1.90. The molecule has 1 aromatic heterocycles. The van der Waals surface area contributed by atoms with Crippen molar-refractivity contribution in [2.45, 2.75) is 0 Å². The first-order chi connectivity index (χ1) is 9.90. The Kier molecular flexibility index (Phi) is 2.46. The van der Waals surface area contributed by atoms with Gasteiger partial charge < -0.3 is 9.73 Å². The maximum atomic E-state index is 5.44. The van der Waals surface area contributed by atoms with Crippen LogP contribution in [0.1, 0.15) is 0 Å². The summed E-state index contributed by atoms with van der Waals surface area (Å²) >= 11 is 0. The van der Waals surface area contributed by atoms with Crippen LogP contribution in [0.25, 0.3) is 21.7 Å². The fourth-order valence-electron chi connectivity index (χ4n) is 2.52. The van der Waals surface area contributed by atoms with E-state index in [9.17, 15) is 0 Å². The van der Waals surface area contributed by atoms with E-state index in [2.05, 4.69) is 59.9 Å². The van der Waals surface area contributed by atoms with E-state index in [0.29, 0.717) is 0 Å². The van der Waals surface area contributed by atoms with Crippen molar-refractivity contribution in [3.8, 4) is 0 Å². The Balaban J connectivity index is 1.80. The van der Waals surface area contributed by atoms with Crippen LogP contribution in [-0.4, -0.2) is 0 Å². The Morgan fingerprint density at radius 3 is 2.65 bits per heavy atom. The molecule has 0 fully saturated rings. The normalized spacial score (nSPS) is 11.0. The van der Waals surface area contributed by atoms with Crippen LogP contribution in [0.4, 0.5) is 11.4 Å². The topological polar surface area (TPSA) is 25.2 Å². The van der Waals surface area contributed by atoms with E-state index < -0.39 is 0 Å². The third-order valence-electron chi connectivity index (χ3n) is 3.52. The van der Waals surface area contributed by atoms with Crippen LogP contribution >= 0.6 is 0 Å². The van der Waals surface area contributed by atoms with Crippen LogP contribution in [0.3, 0.4) is 0 Å².